The summed E-state index contributed by atoms with van der Waals surface area (Å²) in [6.45, 7) is 0.842. The van der Waals surface area contributed by atoms with Crippen molar-refractivity contribution in [2.24, 2.45) is 0 Å². The monoisotopic (exact) mass is 229 g/mol. The summed E-state index contributed by atoms with van der Waals surface area (Å²) >= 11 is 16.5. The molecule has 1 radical (unpaired) electrons. The van der Waals surface area contributed by atoms with Crippen LogP contribution in [0, 0.1) is 5.92 Å². The fourth-order valence-corrected chi connectivity index (χ4v) is 1.56. The summed E-state index contributed by atoms with van der Waals surface area (Å²) in [6.07, 6.45) is 4.93. The molecule has 1 saturated carbocycles. The Bertz CT molecular complexity index is 127. The molecule has 0 spiro atoms. The van der Waals surface area contributed by atoms with Crippen LogP contribution in [-0.4, -0.2) is 17.0 Å². The van der Waals surface area contributed by atoms with Crippen LogP contribution in [0.25, 0.3) is 0 Å². The molecule has 0 bridgehead atoms. The van der Waals surface area contributed by atoms with Crippen molar-refractivity contribution in [3.8, 4) is 0 Å². The summed E-state index contributed by atoms with van der Waals surface area (Å²) in [7, 11) is 0. The normalized spacial score (nSPS) is 20.2. The molecule has 0 aliphatic heterocycles. The van der Waals surface area contributed by atoms with E-state index in [0.717, 1.165) is 0 Å². The van der Waals surface area contributed by atoms with Gasteiger partial charge in [-0.3, -0.25) is 0 Å². The van der Waals surface area contributed by atoms with Gasteiger partial charge in [-0.2, -0.15) is 0 Å². The van der Waals surface area contributed by atoms with Gasteiger partial charge in [-0.1, -0.05) is 47.6 Å². The molecule has 0 saturated heterocycles. The zero-order valence-corrected chi connectivity index (χ0v) is 9.05. The minimum atomic E-state index is -1.26. The molecule has 0 aromatic carbocycles. The van der Waals surface area contributed by atoms with Crippen LogP contribution in [-0.2, 0) is 4.74 Å². The number of hydrogen-bond donors (Lipinski definition) is 0. The minimum Gasteiger partial charge on any atom is -0.376 e. The summed E-state index contributed by atoms with van der Waals surface area (Å²) in [5, 5.41) is 0. The van der Waals surface area contributed by atoms with Crippen molar-refractivity contribution < 1.29 is 4.74 Å². The molecular formula is C8H12Cl3O. The van der Waals surface area contributed by atoms with E-state index in [1.54, 1.807) is 0 Å². The largest absolute Gasteiger partial charge is 0.376 e. The summed E-state index contributed by atoms with van der Waals surface area (Å²) in [5.41, 5.74) is 0. The Hall–Kier alpha value is 0.830. The molecule has 0 aromatic rings. The van der Waals surface area contributed by atoms with Gasteiger partial charge < -0.3 is 4.74 Å². The quantitative estimate of drug-likeness (QED) is 0.674. The second-order valence-corrected chi connectivity index (χ2v) is 5.58. The van der Waals surface area contributed by atoms with E-state index in [2.05, 4.69) is 0 Å². The molecule has 0 N–H and O–H groups in total. The first kappa shape index (κ1) is 10.9. The van der Waals surface area contributed by atoms with Crippen LogP contribution >= 0.6 is 34.8 Å². The molecule has 1 aliphatic carbocycles. The fraction of sp³-hybridized carbons (Fsp3) is 0.875. The van der Waals surface area contributed by atoms with E-state index in [-0.39, 0.29) is 6.61 Å². The zero-order chi connectivity index (χ0) is 9.03. The van der Waals surface area contributed by atoms with E-state index in [0.29, 0.717) is 6.61 Å². The van der Waals surface area contributed by atoms with Gasteiger partial charge in [-0.05, 0) is 12.8 Å². The maximum atomic E-state index is 5.52. The molecule has 1 fully saturated rings. The first-order valence-electron chi connectivity index (χ1n) is 4.06. The standard InChI is InChI=1S/C8H12Cl3O/c9-8(10,11)6-12-5-7-3-1-2-4-7/h1-6H2. The van der Waals surface area contributed by atoms with Gasteiger partial charge >= 0.3 is 0 Å². The molecular weight excluding hydrogens is 218 g/mol. The summed E-state index contributed by atoms with van der Waals surface area (Å²) in [4.78, 5) is 0. The number of alkyl halides is 3. The van der Waals surface area contributed by atoms with Crippen LogP contribution in [0.15, 0.2) is 0 Å². The van der Waals surface area contributed by atoms with E-state index in [1.165, 1.54) is 31.6 Å². The smallest absolute Gasteiger partial charge is 0.213 e. The van der Waals surface area contributed by atoms with Crippen molar-refractivity contribution >= 4 is 34.8 Å². The van der Waals surface area contributed by atoms with Crippen molar-refractivity contribution in [1.82, 2.24) is 0 Å². The van der Waals surface area contributed by atoms with Crippen LogP contribution < -0.4 is 0 Å². The van der Waals surface area contributed by atoms with Crippen LogP contribution in [0.5, 0.6) is 0 Å². The van der Waals surface area contributed by atoms with E-state index in [4.69, 9.17) is 39.5 Å². The van der Waals surface area contributed by atoms with E-state index in [1.807, 2.05) is 0 Å². The van der Waals surface area contributed by atoms with Gasteiger partial charge in [0.1, 0.15) is 0 Å². The van der Waals surface area contributed by atoms with Gasteiger partial charge in [-0.25, -0.2) is 0 Å². The van der Waals surface area contributed by atoms with Gasteiger partial charge in [0.05, 0.1) is 13.2 Å². The second kappa shape index (κ2) is 4.90. The van der Waals surface area contributed by atoms with Crippen LogP contribution in [0.3, 0.4) is 0 Å². The van der Waals surface area contributed by atoms with Crippen LogP contribution in [0.2, 0.25) is 0 Å². The third-order valence-corrected chi connectivity index (χ3v) is 2.21. The number of halogens is 3. The second-order valence-electron chi connectivity index (χ2n) is 3.07. The Morgan fingerprint density at radius 2 is 1.75 bits per heavy atom. The Morgan fingerprint density at radius 1 is 1.17 bits per heavy atom. The number of rotatable bonds is 3. The van der Waals surface area contributed by atoms with Gasteiger partial charge in [-0.15, -0.1) is 0 Å². The third-order valence-electron chi connectivity index (χ3n) is 1.88. The summed E-state index contributed by atoms with van der Waals surface area (Å²) in [5.74, 6) is 1.45. The fourth-order valence-electron chi connectivity index (χ4n) is 1.33. The molecule has 4 heteroatoms. The summed E-state index contributed by atoms with van der Waals surface area (Å²) in [6, 6.07) is 0. The summed E-state index contributed by atoms with van der Waals surface area (Å²) < 4.78 is 3.98. The minimum absolute atomic E-state index is 0.182. The van der Waals surface area contributed by atoms with Gasteiger partial charge in [0.2, 0.25) is 3.79 Å². The topological polar surface area (TPSA) is 9.23 Å². The molecule has 0 aromatic heterocycles. The molecule has 1 aliphatic rings. The third kappa shape index (κ3) is 4.76. The molecule has 0 unspecified atom stereocenters. The van der Waals surface area contributed by atoms with Gasteiger partial charge in [0, 0.05) is 5.92 Å². The SMILES string of the molecule is ClC(Cl)(Cl)COC[C]1CCCC1. The van der Waals surface area contributed by atoms with E-state index >= 15 is 0 Å². The lowest BCUT2D eigenvalue weighted by Crippen LogP contribution is -2.15. The van der Waals surface area contributed by atoms with E-state index < -0.39 is 3.79 Å². The lowest BCUT2D eigenvalue weighted by molar-refractivity contribution is 0.146. The van der Waals surface area contributed by atoms with Gasteiger partial charge in [0.15, 0.2) is 0 Å². The predicted octanol–water partition coefficient (Wildman–Crippen LogP) is 3.52. The Morgan fingerprint density at radius 3 is 2.25 bits per heavy atom. The lowest BCUT2D eigenvalue weighted by Gasteiger charge is -2.13. The molecule has 1 nitrogen and oxygen atoms in total. The lowest BCUT2D eigenvalue weighted by atomic mass is 10.1. The molecule has 0 amide bonds. The van der Waals surface area contributed by atoms with Crippen molar-refractivity contribution in [1.29, 1.82) is 0 Å². The zero-order valence-electron chi connectivity index (χ0n) is 6.78. The molecule has 0 heterocycles. The Kier molecular flexibility index (Phi) is 4.45. The molecule has 71 valence electrons. The highest BCUT2D eigenvalue weighted by atomic mass is 35.6. The van der Waals surface area contributed by atoms with Crippen molar-refractivity contribution in [2.45, 2.75) is 29.5 Å². The van der Waals surface area contributed by atoms with Crippen LogP contribution in [0.4, 0.5) is 0 Å². The highest BCUT2D eigenvalue weighted by Crippen LogP contribution is 2.29. The Labute approximate surface area is 88.3 Å². The number of ether oxygens (including phenoxy) is 1. The molecule has 0 atom stereocenters. The number of hydrogen-bond acceptors (Lipinski definition) is 1. The van der Waals surface area contributed by atoms with Crippen molar-refractivity contribution in [3.63, 3.8) is 0 Å². The highest BCUT2D eigenvalue weighted by Gasteiger charge is 2.21. The predicted molar refractivity (Wildman–Crippen MR) is 52.8 cm³/mol. The Balaban J connectivity index is 2.02. The average Bonchev–Trinajstić information content (AvgIpc) is 2.36. The van der Waals surface area contributed by atoms with Crippen molar-refractivity contribution in [3.05, 3.63) is 5.92 Å². The first-order chi connectivity index (χ1) is 5.58. The molecule has 1 rings (SSSR count). The highest BCUT2D eigenvalue weighted by molar-refractivity contribution is 6.67. The van der Waals surface area contributed by atoms with Gasteiger partial charge in [0.25, 0.3) is 0 Å². The van der Waals surface area contributed by atoms with Crippen molar-refractivity contribution in [2.75, 3.05) is 13.2 Å². The van der Waals surface area contributed by atoms with E-state index in [9.17, 15) is 0 Å². The molecule has 12 heavy (non-hydrogen) atoms. The average molecular weight is 231 g/mol. The maximum absolute atomic E-state index is 5.52. The maximum Gasteiger partial charge on any atom is 0.213 e. The first-order valence-corrected chi connectivity index (χ1v) is 5.19. The van der Waals surface area contributed by atoms with Crippen LogP contribution in [0.1, 0.15) is 25.7 Å².